The summed E-state index contributed by atoms with van der Waals surface area (Å²) in [5, 5.41) is 12.3. The zero-order chi connectivity index (χ0) is 12.5. The van der Waals surface area contributed by atoms with Crippen LogP contribution in [0.4, 0.5) is 13.2 Å². The second-order valence-electron chi connectivity index (χ2n) is 3.24. The first-order valence-corrected chi connectivity index (χ1v) is 4.48. The molecule has 8 heteroatoms. The van der Waals surface area contributed by atoms with Crippen LogP contribution in [0.25, 0.3) is 11.5 Å². The summed E-state index contributed by atoms with van der Waals surface area (Å²) in [5.41, 5.74) is 0.255. The van der Waals surface area contributed by atoms with Crippen LogP contribution < -0.4 is 0 Å². The van der Waals surface area contributed by atoms with Gasteiger partial charge >= 0.3 is 6.18 Å². The molecule has 2 aromatic rings. The predicted molar refractivity (Wildman–Crippen MR) is 49.0 cm³/mol. The Kier molecular flexibility index (Phi) is 2.70. The molecule has 0 spiro atoms. The zero-order valence-corrected chi connectivity index (χ0v) is 8.27. The van der Waals surface area contributed by atoms with Gasteiger partial charge in [0, 0.05) is 6.20 Å². The second-order valence-corrected chi connectivity index (χ2v) is 3.24. The van der Waals surface area contributed by atoms with Gasteiger partial charge in [0.05, 0.1) is 11.8 Å². The van der Waals surface area contributed by atoms with Gasteiger partial charge in [0.25, 0.3) is 5.89 Å². The first-order valence-electron chi connectivity index (χ1n) is 4.48. The van der Waals surface area contributed by atoms with Crippen LogP contribution in [0.2, 0.25) is 0 Å². The number of aromatic hydroxyl groups is 1. The molecular weight excluding hydrogens is 239 g/mol. The van der Waals surface area contributed by atoms with Crippen LogP contribution in [-0.4, -0.2) is 26.4 Å². The summed E-state index contributed by atoms with van der Waals surface area (Å²) < 4.78 is 40.8. The second kappa shape index (κ2) is 4.04. The highest BCUT2D eigenvalue weighted by Gasteiger charge is 2.30. The Hall–Kier alpha value is -2.12. The number of alkyl halides is 3. The lowest BCUT2D eigenvalue weighted by molar-refractivity contribution is -0.128. The minimum absolute atomic E-state index is 0.118. The van der Waals surface area contributed by atoms with Crippen molar-refractivity contribution in [1.82, 2.24) is 15.1 Å². The monoisotopic (exact) mass is 245 g/mol. The van der Waals surface area contributed by atoms with Gasteiger partial charge in [0.2, 0.25) is 0 Å². The van der Waals surface area contributed by atoms with Gasteiger partial charge in [-0.2, -0.15) is 18.2 Å². The minimum atomic E-state index is -4.39. The Morgan fingerprint density at radius 3 is 2.71 bits per heavy atom. The molecule has 0 bridgehead atoms. The number of halogens is 3. The van der Waals surface area contributed by atoms with Crippen molar-refractivity contribution in [2.45, 2.75) is 12.6 Å². The van der Waals surface area contributed by atoms with Crippen molar-refractivity contribution in [3.05, 3.63) is 24.3 Å². The smallest absolute Gasteiger partial charge is 0.396 e. The van der Waals surface area contributed by atoms with Crippen molar-refractivity contribution in [2.75, 3.05) is 0 Å². The van der Waals surface area contributed by atoms with Crippen molar-refractivity contribution < 1.29 is 22.8 Å². The standard InChI is InChI=1S/C9H6F3N3O2/c10-9(11,12)2-7-14-8(17-15-7)5-1-6(16)4-13-3-5/h1,3-4,16H,2H2. The first-order chi connectivity index (χ1) is 7.94. The summed E-state index contributed by atoms with van der Waals surface area (Å²) in [6.45, 7) is 0. The number of rotatable bonds is 2. The Morgan fingerprint density at radius 2 is 2.06 bits per heavy atom. The molecule has 0 fully saturated rings. The van der Waals surface area contributed by atoms with Gasteiger partial charge in [-0.3, -0.25) is 4.98 Å². The summed E-state index contributed by atoms with van der Waals surface area (Å²) in [6, 6.07) is 1.26. The van der Waals surface area contributed by atoms with Crippen molar-refractivity contribution in [3.8, 4) is 17.2 Å². The molecule has 2 aromatic heterocycles. The summed E-state index contributed by atoms with van der Waals surface area (Å²) in [7, 11) is 0. The molecule has 1 N–H and O–H groups in total. The Labute approximate surface area is 92.9 Å². The van der Waals surface area contributed by atoms with E-state index >= 15 is 0 Å². The van der Waals surface area contributed by atoms with Crippen LogP contribution in [0.5, 0.6) is 5.75 Å². The molecular formula is C9H6F3N3O2. The molecule has 0 amide bonds. The van der Waals surface area contributed by atoms with Gasteiger partial charge in [0.15, 0.2) is 5.82 Å². The summed E-state index contributed by atoms with van der Waals surface area (Å²) >= 11 is 0. The average molecular weight is 245 g/mol. The van der Waals surface area contributed by atoms with Crippen LogP contribution in [-0.2, 0) is 6.42 Å². The van der Waals surface area contributed by atoms with E-state index in [4.69, 9.17) is 5.11 Å². The fourth-order valence-electron chi connectivity index (χ4n) is 1.17. The normalized spacial score (nSPS) is 11.7. The summed E-state index contributed by atoms with van der Waals surface area (Å²) in [5.74, 6) is -0.721. The van der Waals surface area contributed by atoms with E-state index in [9.17, 15) is 13.2 Å². The highest BCUT2D eigenvalue weighted by atomic mass is 19.4. The summed E-state index contributed by atoms with van der Waals surface area (Å²) in [4.78, 5) is 7.20. The van der Waals surface area contributed by atoms with Crippen molar-refractivity contribution in [3.63, 3.8) is 0 Å². The van der Waals surface area contributed by atoms with Crippen molar-refractivity contribution in [1.29, 1.82) is 0 Å². The molecule has 0 saturated carbocycles. The molecule has 0 saturated heterocycles. The quantitative estimate of drug-likeness (QED) is 0.875. The Balaban J connectivity index is 2.24. The molecule has 2 rings (SSSR count). The lowest BCUT2D eigenvalue weighted by Gasteiger charge is -1.99. The lowest BCUT2D eigenvalue weighted by atomic mass is 10.3. The maximum Gasteiger partial charge on any atom is 0.396 e. The highest BCUT2D eigenvalue weighted by molar-refractivity contribution is 5.53. The Morgan fingerprint density at radius 1 is 1.29 bits per heavy atom. The van der Waals surface area contributed by atoms with Gasteiger partial charge < -0.3 is 9.63 Å². The first kappa shape index (κ1) is 11.4. The largest absolute Gasteiger partial charge is 0.506 e. The number of hydrogen-bond donors (Lipinski definition) is 1. The minimum Gasteiger partial charge on any atom is -0.506 e. The molecule has 0 unspecified atom stereocenters. The van der Waals surface area contributed by atoms with E-state index in [-0.39, 0.29) is 17.2 Å². The van der Waals surface area contributed by atoms with Crippen LogP contribution in [0.3, 0.4) is 0 Å². The van der Waals surface area contributed by atoms with Crippen molar-refractivity contribution in [2.24, 2.45) is 0 Å². The van der Waals surface area contributed by atoms with Crippen molar-refractivity contribution >= 4 is 0 Å². The molecule has 0 atom stereocenters. The van der Waals surface area contributed by atoms with Crippen LogP contribution in [0.1, 0.15) is 5.82 Å². The third-order valence-electron chi connectivity index (χ3n) is 1.80. The van der Waals surface area contributed by atoms with E-state index in [1.165, 1.54) is 18.5 Å². The molecule has 90 valence electrons. The molecule has 0 radical (unpaired) electrons. The fraction of sp³-hybridized carbons (Fsp3) is 0.222. The fourth-order valence-corrected chi connectivity index (χ4v) is 1.17. The van der Waals surface area contributed by atoms with Gasteiger partial charge in [-0.15, -0.1) is 0 Å². The maximum atomic E-state index is 12.0. The molecule has 0 aliphatic heterocycles. The lowest BCUT2D eigenvalue weighted by Crippen LogP contribution is -2.12. The van der Waals surface area contributed by atoms with E-state index in [0.29, 0.717) is 0 Å². The number of nitrogens with zero attached hydrogens (tertiary/aromatic N) is 3. The molecule has 0 aromatic carbocycles. The van der Waals surface area contributed by atoms with Gasteiger partial charge in [-0.25, -0.2) is 0 Å². The molecule has 0 aliphatic carbocycles. The van der Waals surface area contributed by atoms with Gasteiger partial charge in [-0.05, 0) is 6.07 Å². The van der Waals surface area contributed by atoms with Crippen LogP contribution >= 0.6 is 0 Å². The van der Waals surface area contributed by atoms with Gasteiger partial charge in [0.1, 0.15) is 12.2 Å². The predicted octanol–water partition coefficient (Wildman–Crippen LogP) is 1.94. The average Bonchev–Trinajstić information content (AvgIpc) is 2.63. The zero-order valence-electron chi connectivity index (χ0n) is 8.27. The molecule has 17 heavy (non-hydrogen) atoms. The van der Waals surface area contributed by atoms with Gasteiger partial charge in [-0.1, -0.05) is 5.16 Å². The van der Waals surface area contributed by atoms with E-state index in [0.717, 1.165) is 0 Å². The third-order valence-corrected chi connectivity index (χ3v) is 1.80. The van der Waals surface area contributed by atoms with Crippen LogP contribution in [0, 0.1) is 0 Å². The number of aromatic nitrogens is 3. The highest BCUT2D eigenvalue weighted by Crippen LogP contribution is 2.23. The van der Waals surface area contributed by atoms with E-state index in [1.54, 1.807) is 0 Å². The Bertz CT molecular complexity index is 524. The topological polar surface area (TPSA) is 72.0 Å². The summed E-state index contributed by atoms with van der Waals surface area (Å²) in [6.07, 6.45) is -3.18. The third kappa shape index (κ3) is 2.92. The number of hydrogen-bond acceptors (Lipinski definition) is 5. The molecule has 5 nitrogen and oxygen atoms in total. The van der Waals surface area contributed by atoms with E-state index < -0.39 is 18.4 Å². The molecule has 2 heterocycles. The van der Waals surface area contributed by atoms with E-state index in [2.05, 4.69) is 19.6 Å². The number of pyridine rings is 1. The SMILES string of the molecule is Oc1cncc(-c2nc(CC(F)(F)F)no2)c1. The molecule has 0 aliphatic rings. The van der Waals surface area contributed by atoms with E-state index in [1.807, 2.05) is 0 Å². The maximum absolute atomic E-state index is 12.0. The van der Waals surface area contributed by atoms with Crippen LogP contribution in [0.15, 0.2) is 23.0 Å².